The van der Waals surface area contributed by atoms with Crippen molar-refractivity contribution in [2.24, 2.45) is 10.9 Å². The minimum atomic E-state index is 0.658. The summed E-state index contributed by atoms with van der Waals surface area (Å²) in [5.41, 5.74) is 1.17. The fourth-order valence-corrected chi connectivity index (χ4v) is 3.26. The standard InChI is InChI=1S/C13H17N3OS/c1-17-12-6-9(4-5-14-12)7-15-13-16-8-11(18-13)10-2-3-10/h4-6,10-11H,2-3,7-8H2,1H3,(H,15,16). The molecule has 1 N–H and O–H groups in total. The number of aliphatic imine (C=N–C) groups is 1. The van der Waals surface area contributed by atoms with E-state index in [2.05, 4.69) is 15.3 Å². The van der Waals surface area contributed by atoms with Crippen LogP contribution in [0.5, 0.6) is 5.88 Å². The number of hydrogen-bond acceptors (Lipinski definition) is 5. The first-order valence-electron chi connectivity index (χ1n) is 6.29. The monoisotopic (exact) mass is 263 g/mol. The van der Waals surface area contributed by atoms with E-state index in [0.717, 1.165) is 29.4 Å². The highest BCUT2D eigenvalue weighted by Crippen LogP contribution is 2.41. The van der Waals surface area contributed by atoms with Crippen LogP contribution >= 0.6 is 11.8 Å². The van der Waals surface area contributed by atoms with Crippen molar-refractivity contribution in [1.29, 1.82) is 0 Å². The topological polar surface area (TPSA) is 46.5 Å². The molecule has 96 valence electrons. The molecule has 0 saturated heterocycles. The van der Waals surface area contributed by atoms with Crippen LogP contribution in [0.4, 0.5) is 0 Å². The van der Waals surface area contributed by atoms with Gasteiger partial charge in [-0.3, -0.25) is 4.99 Å². The number of nitrogens with zero attached hydrogens (tertiary/aromatic N) is 2. The number of amidine groups is 1. The summed E-state index contributed by atoms with van der Waals surface area (Å²) >= 11 is 1.90. The molecular formula is C13H17N3OS. The number of hydrogen-bond donors (Lipinski definition) is 1. The van der Waals surface area contributed by atoms with Crippen molar-refractivity contribution in [2.45, 2.75) is 24.6 Å². The van der Waals surface area contributed by atoms with Gasteiger partial charge in [-0.2, -0.15) is 0 Å². The van der Waals surface area contributed by atoms with Crippen LogP contribution in [-0.4, -0.2) is 29.1 Å². The smallest absolute Gasteiger partial charge is 0.213 e. The summed E-state index contributed by atoms with van der Waals surface area (Å²) in [5.74, 6) is 1.57. The van der Waals surface area contributed by atoms with Crippen molar-refractivity contribution in [3.05, 3.63) is 23.9 Å². The van der Waals surface area contributed by atoms with Crippen LogP contribution in [-0.2, 0) is 6.54 Å². The zero-order chi connectivity index (χ0) is 12.4. The molecule has 1 atom stereocenters. The maximum Gasteiger partial charge on any atom is 0.213 e. The van der Waals surface area contributed by atoms with E-state index in [-0.39, 0.29) is 0 Å². The molecule has 0 aromatic carbocycles. The van der Waals surface area contributed by atoms with Gasteiger partial charge in [0.1, 0.15) is 0 Å². The fraction of sp³-hybridized carbons (Fsp3) is 0.538. The van der Waals surface area contributed by atoms with Gasteiger partial charge >= 0.3 is 0 Å². The Bertz CT molecular complexity index is 459. The molecule has 1 aromatic rings. The summed E-state index contributed by atoms with van der Waals surface area (Å²) in [6, 6.07) is 3.94. The van der Waals surface area contributed by atoms with Gasteiger partial charge in [-0.15, -0.1) is 0 Å². The molecule has 2 aliphatic rings. The third kappa shape index (κ3) is 2.77. The van der Waals surface area contributed by atoms with Gasteiger partial charge in [0.2, 0.25) is 5.88 Å². The number of methoxy groups -OCH3 is 1. The van der Waals surface area contributed by atoms with Gasteiger partial charge < -0.3 is 10.1 Å². The van der Waals surface area contributed by atoms with Gasteiger partial charge in [-0.05, 0) is 30.4 Å². The van der Waals surface area contributed by atoms with E-state index >= 15 is 0 Å². The van der Waals surface area contributed by atoms with E-state index in [1.54, 1.807) is 13.3 Å². The van der Waals surface area contributed by atoms with Gasteiger partial charge in [0.15, 0.2) is 5.17 Å². The summed E-state index contributed by atoms with van der Waals surface area (Å²) < 4.78 is 5.11. The summed E-state index contributed by atoms with van der Waals surface area (Å²) in [6.45, 7) is 1.76. The predicted octanol–water partition coefficient (Wildman–Crippen LogP) is 2.06. The maximum absolute atomic E-state index is 5.11. The van der Waals surface area contributed by atoms with Crippen LogP contribution in [0, 0.1) is 5.92 Å². The zero-order valence-corrected chi connectivity index (χ0v) is 11.2. The average Bonchev–Trinajstić information content (AvgIpc) is 3.16. The van der Waals surface area contributed by atoms with E-state index in [0.29, 0.717) is 5.88 Å². The largest absolute Gasteiger partial charge is 0.481 e. The van der Waals surface area contributed by atoms with Crippen molar-refractivity contribution >= 4 is 16.9 Å². The molecule has 0 amide bonds. The molecule has 1 unspecified atom stereocenters. The molecule has 0 radical (unpaired) electrons. The minimum Gasteiger partial charge on any atom is -0.481 e. The SMILES string of the molecule is COc1cc(CNC2=NCC(C3CC3)S2)ccn1. The van der Waals surface area contributed by atoms with Gasteiger partial charge in [-0.1, -0.05) is 11.8 Å². The normalized spacial score (nSPS) is 22.7. The third-order valence-corrected chi connectivity index (χ3v) is 4.61. The van der Waals surface area contributed by atoms with Gasteiger partial charge in [0, 0.05) is 24.1 Å². The van der Waals surface area contributed by atoms with Crippen molar-refractivity contribution in [2.75, 3.05) is 13.7 Å². The second kappa shape index (κ2) is 5.18. The predicted molar refractivity (Wildman–Crippen MR) is 74.0 cm³/mol. The van der Waals surface area contributed by atoms with Crippen molar-refractivity contribution in [1.82, 2.24) is 10.3 Å². The molecule has 4 nitrogen and oxygen atoms in total. The van der Waals surface area contributed by atoms with Crippen LogP contribution < -0.4 is 10.1 Å². The molecule has 3 rings (SSSR count). The van der Waals surface area contributed by atoms with E-state index in [4.69, 9.17) is 4.74 Å². The van der Waals surface area contributed by atoms with Crippen LogP contribution in [0.1, 0.15) is 18.4 Å². The Labute approximate surface area is 111 Å². The highest BCUT2D eigenvalue weighted by molar-refractivity contribution is 8.14. The van der Waals surface area contributed by atoms with Crippen molar-refractivity contribution in [3.63, 3.8) is 0 Å². The summed E-state index contributed by atoms with van der Waals surface area (Å²) in [7, 11) is 1.64. The molecule has 1 fully saturated rings. The van der Waals surface area contributed by atoms with Gasteiger partial charge in [0.25, 0.3) is 0 Å². The van der Waals surface area contributed by atoms with E-state index in [1.165, 1.54) is 18.4 Å². The van der Waals surface area contributed by atoms with Crippen LogP contribution in [0.3, 0.4) is 0 Å². The number of rotatable bonds is 4. The first kappa shape index (κ1) is 11.8. The Kier molecular flexibility index (Phi) is 3.41. The average molecular weight is 263 g/mol. The Morgan fingerprint density at radius 2 is 2.39 bits per heavy atom. The summed E-state index contributed by atoms with van der Waals surface area (Å²) in [6.07, 6.45) is 4.55. The molecule has 1 aliphatic carbocycles. The second-order valence-electron chi connectivity index (χ2n) is 4.70. The molecule has 0 bridgehead atoms. The molecule has 2 heterocycles. The zero-order valence-electron chi connectivity index (χ0n) is 10.4. The number of ether oxygens (including phenoxy) is 1. The van der Waals surface area contributed by atoms with Gasteiger partial charge in [0.05, 0.1) is 13.7 Å². The first-order valence-corrected chi connectivity index (χ1v) is 7.17. The summed E-state index contributed by atoms with van der Waals surface area (Å²) in [5, 5.41) is 5.20. The number of aromatic nitrogens is 1. The molecular weight excluding hydrogens is 246 g/mol. The molecule has 0 spiro atoms. The molecule has 5 heteroatoms. The van der Waals surface area contributed by atoms with Crippen LogP contribution in [0.15, 0.2) is 23.3 Å². The molecule has 1 aliphatic heterocycles. The minimum absolute atomic E-state index is 0.658. The summed E-state index contributed by atoms with van der Waals surface area (Å²) in [4.78, 5) is 8.65. The second-order valence-corrected chi connectivity index (χ2v) is 5.93. The Morgan fingerprint density at radius 3 is 3.17 bits per heavy atom. The molecule has 18 heavy (non-hydrogen) atoms. The highest BCUT2D eigenvalue weighted by atomic mass is 32.2. The molecule has 1 saturated carbocycles. The first-order chi connectivity index (χ1) is 8.85. The number of nitrogens with one attached hydrogen (secondary N) is 1. The van der Waals surface area contributed by atoms with Crippen LogP contribution in [0.2, 0.25) is 0 Å². The molecule has 1 aromatic heterocycles. The third-order valence-electron chi connectivity index (χ3n) is 3.28. The van der Waals surface area contributed by atoms with E-state index in [9.17, 15) is 0 Å². The lowest BCUT2D eigenvalue weighted by atomic mass is 10.3. The van der Waals surface area contributed by atoms with Crippen molar-refractivity contribution in [3.8, 4) is 5.88 Å². The fourth-order valence-electron chi connectivity index (χ4n) is 2.05. The quantitative estimate of drug-likeness (QED) is 0.903. The van der Waals surface area contributed by atoms with Crippen molar-refractivity contribution < 1.29 is 4.74 Å². The maximum atomic E-state index is 5.11. The lowest BCUT2D eigenvalue weighted by Crippen LogP contribution is -2.19. The Balaban J connectivity index is 1.51. The van der Waals surface area contributed by atoms with E-state index < -0.39 is 0 Å². The number of thioether (sulfide) groups is 1. The Morgan fingerprint density at radius 1 is 1.50 bits per heavy atom. The highest BCUT2D eigenvalue weighted by Gasteiger charge is 2.35. The number of pyridine rings is 1. The van der Waals surface area contributed by atoms with Gasteiger partial charge in [-0.25, -0.2) is 4.98 Å². The lowest BCUT2D eigenvalue weighted by molar-refractivity contribution is 0.397. The lowest BCUT2D eigenvalue weighted by Gasteiger charge is -2.08. The Hall–Kier alpha value is -1.23. The van der Waals surface area contributed by atoms with E-state index in [1.807, 2.05) is 23.9 Å². The van der Waals surface area contributed by atoms with Crippen LogP contribution in [0.25, 0.3) is 0 Å².